The Kier molecular flexibility index (Phi) is 5.41. The summed E-state index contributed by atoms with van der Waals surface area (Å²) in [6, 6.07) is 5.89. The maximum atomic E-state index is 5.81. The van der Waals surface area contributed by atoms with Gasteiger partial charge in [0.15, 0.2) is 0 Å². The SMILES string of the molecule is CC(C)c1cc(C(C)C)c(C2=CC3COCC(C2)N3C)c(C(C)C)c1. The lowest BCUT2D eigenvalue weighted by Crippen LogP contribution is -2.51. The summed E-state index contributed by atoms with van der Waals surface area (Å²) < 4.78 is 5.81. The molecule has 1 saturated heterocycles. The Morgan fingerprint density at radius 3 is 2.00 bits per heavy atom. The third-order valence-electron chi connectivity index (χ3n) is 6.00. The predicted molar refractivity (Wildman–Crippen MR) is 107 cm³/mol. The number of hydrogen-bond donors (Lipinski definition) is 0. The molecule has 0 saturated carbocycles. The fourth-order valence-corrected chi connectivity index (χ4v) is 4.27. The molecule has 25 heavy (non-hydrogen) atoms. The van der Waals surface area contributed by atoms with Crippen LogP contribution in [-0.4, -0.2) is 37.2 Å². The van der Waals surface area contributed by atoms with Crippen LogP contribution in [0.4, 0.5) is 0 Å². The molecule has 2 heterocycles. The highest BCUT2D eigenvalue weighted by Crippen LogP contribution is 2.40. The van der Waals surface area contributed by atoms with Crippen molar-refractivity contribution in [2.45, 2.75) is 77.8 Å². The van der Waals surface area contributed by atoms with Gasteiger partial charge in [0.2, 0.25) is 0 Å². The van der Waals surface area contributed by atoms with E-state index in [-0.39, 0.29) is 0 Å². The molecule has 3 rings (SSSR count). The second kappa shape index (κ2) is 7.25. The smallest absolute Gasteiger partial charge is 0.0658 e. The molecule has 1 fully saturated rings. The zero-order valence-electron chi connectivity index (χ0n) is 17.1. The third kappa shape index (κ3) is 3.57. The highest BCUT2D eigenvalue weighted by Gasteiger charge is 2.34. The minimum atomic E-state index is 0.423. The van der Waals surface area contributed by atoms with Crippen molar-refractivity contribution in [3.8, 4) is 0 Å². The van der Waals surface area contributed by atoms with Gasteiger partial charge in [-0.05, 0) is 59.0 Å². The van der Waals surface area contributed by atoms with Gasteiger partial charge in [0.25, 0.3) is 0 Å². The van der Waals surface area contributed by atoms with E-state index in [4.69, 9.17) is 4.74 Å². The number of rotatable bonds is 4. The Bertz CT molecular complexity index is 627. The fourth-order valence-electron chi connectivity index (χ4n) is 4.27. The summed E-state index contributed by atoms with van der Waals surface area (Å²) >= 11 is 0. The van der Waals surface area contributed by atoms with Gasteiger partial charge in [-0.3, -0.25) is 4.90 Å². The molecule has 0 radical (unpaired) electrons. The first kappa shape index (κ1) is 18.7. The lowest BCUT2D eigenvalue weighted by atomic mass is 9.78. The average Bonchev–Trinajstić information content (AvgIpc) is 2.53. The first-order valence-electron chi connectivity index (χ1n) is 9.98. The van der Waals surface area contributed by atoms with Crippen molar-refractivity contribution < 1.29 is 4.74 Å². The van der Waals surface area contributed by atoms with Crippen molar-refractivity contribution in [1.82, 2.24) is 4.90 Å². The van der Waals surface area contributed by atoms with Crippen LogP contribution in [0.2, 0.25) is 0 Å². The number of likely N-dealkylation sites (N-methyl/N-ethyl adjacent to an activating group) is 1. The van der Waals surface area contributed by atoms with E-state index in [9.17, 15) is 0 Å². The number of benzene rings is 1. The molecule has 2 unspecified atom stereocenters. The molecule has 1 aromatic carbocycles. The van der Waals surface area contributed by atoms with E-state index in [1.54, 1.807) is 11.1 Å². The molecule has 2 atom stereocenters. The first-order valence-corrected chi connectivity index (χ1v) is 9.98. The van der Waals surface area contributed by atoms with Crippen LogP contribution in [0.25, 0.3) is 5.57 Å². The summed E-state index contributed by atoms with van der Waals surface area (Å²) in [6.45, 7) is 15.7. The maximum Gasteiger partial charge on any atom is 0.0658 e. The Balaban J connectivity index is 2.17. The van der Waals surface area contributed by atoms with E-state index in [0.29, 0.717) is 29.8 Å². The highest BCUT2D eigenvalue weighted by atomic mass is 16.5. The summed E-state index contributed by atoms with van der Waals surface area (Å²) in [7, 11) is 2.25. The van der Waals surface area contributed by atoms with Gasteiger partial charge in [-0.2, -0.15) is 0 Å². The summed E-state index contributed by atoms with van der Waals surface area (Å²) in [6.07, 6.45) is 3.59. The quantitative estimate of drug-likeness (QED) is 0.712. The Hall–Kier alpha value is -1.12. The van der Waals surface area contributed by atoms with E-state index in [1.807, 2.05) is 0 Å². The molecule has 2 nitrogen and oxygen atoms in total. The molecular weight excluding hydrogens is 306 g/mol. The molecule has 0 amide bonds. The summed E-state index contributed by atoms with van der Waals surface area (Å²) in [5.74, 6) is 1.66. The van der Waals surface area contributed by atoms with Gasteiger partial charge in [-0.15, -0.1) is 0 Å². The minimum absolute atomic E-state index is 0.423. The van der Waals surface area contributed by atoms with Crippen molar-refractivity contribution in [3.63, 3.8) is 0 Å². The molecule has 2 heteroatoms. The molecular formula is C23H35NO. The van der Waals surface area contributed by atoms with Crippen LogP contribution < -0.4 is 0 Å². The van der Waals surface area contributed by atoms with Gasteiger partial charge in [0.05, 0.1) is 19.3 Å². The van der Waals surface area contributed by atoms with Crippen molar-refractivity contribution in [1.29, 1.82) is 0 Å². The molecule has 2 aliphatic heterocycles. The number of morpholine rings is 1. The first-order chi connectivity index (χ1) is 11.8. The van der Waals surface area contributed by atoms with E-state index in [0.717, 1.165) is 19.6 Å². The zero-order chi connectivity index (χ0) is 18.3. The minimum Gasteiger partial charge on any atom is -0.378 e. The molecule has 2 aliphatic rings. The second-order valence-corrected chi connectivity index (χ2v) is 8.86. The van der Waals surface area contributed by atoms with Gasteiger partial charge in [-0.25, -0.2) is 0 Å². The summed E-state index contributed by atoms with van der Waals surface area (Å²) in [5, 5.41) is 0. The third-order valence-corrected chi connectivity index (χ3v) is 6.00. The topological polar surface area (TPSA) is 12.5 Å². The molecule has 0 N–H and O–H groups in total. The maximum absolute atomic E-state index is 5.81. The number of ether oxygens (including phenoxy) is 1. The normalized spacial score (nSPS) is 24.3. The monoisotopic (exact) mass is 341 g/mol. The molecule has 1 aromatic rings. The summed E-state index contributed by atoms with van der Waals surface area (Å²) in [5.41, 5.74) is 7.64. The van der Waals surface area contributed by atoms with E-state index in [1.165, 1.54) is 16.7 Å². The molecule has 2 bridgehead atoms. The highest BCUT2D eigenvalue weighted by molar-refractivity contribution is 5.74. The standard InChI is InChI=1S/C23H35NO/c1-14(2)17-10-21(15(3)4)23(22(11-17)16(5)6)18-8-19-12-25-13-20(9-18)24(19)7/h8,10-11,14-16,19-20H,9,12-13H2,1-7H3. The second-order valence-electron chi connectivity index (χ2n) is 8.86. The zero-order valence-corrected chi connectivity index (χ0v) is 17.1. The lowest BCUT2D eigenvalue weighted by molar-refractivity contribution is -0.0221. The van der Waals surface area contributed by atoms with Crippen LogP contribution in [0, 0.1) is 0 Å². The van der Waals surface area contributed by atoms with Crippen LogP contribution in [0.15, 0.2) is 18.2 Å². The van der Waals surface area contributed by atoms with Crippen LogP contribution in [0.1, 0.15) is 88.0 Å². The fraction of sp³-hybridized carbons (Fsp3) is 0.652. The Morgan fingerprint density at radius 2 is 1.52 bits per heavy atom. The van der Waals surface area contributed by atoms with Crippen LogP contribution >= 0.6 is 0 Å². The predicted octanol–water partition coefficient (Wildman–Crippen LogP) is 5.54. The number of fused-ring (bicyclic) bond motifs is 2. The van der Waals surface area contributed by atoms with Crippen LogP contribution in [0.5, 0.6) is 0 Å². The van der Waals surface area contributed by atoms with Crippen LogP contribution in [0.3, 0.4) is 0 Å². The molecule has 0 aromatic heterocycles. The van der Waals surface area contributed by atoms with Crippen molar-refractivity contribution in [2.24, 2.45) is 0 Å². The largest absolute Gasteiger partial charge is 0.378 e. The molecule has 0 aliphatic carbocycles. The van der Waals surface area contributed by atoms with Gasteiger partial charge in [-0.1, -0.05) is 59.8 Å². The average molecular weight is 342 g/mol. The Labute approximate surface area is 154 Å². The van der Waals surface area contributed by atoms with E-state index >= 15 is 0 Å². The van der Waals surface area contributed by atoms with Crippen molar-refractivity contribution in [2.75, 3.05) is 20.3 Å². The van der Waals surface area contributed by atoms with E-state index < -0.39 is 0 Å². The molecule has 138 valence electrons. The van der Waals surface area contributed by atoms with Gasteiger partial charge >= 0.3 is 0 Å². The number of hydrogen-bond acceptors (Lipinski definition) is 2. The van der Waals surface area contributed by atoms with Gasteiger partial charge < -0.3 is 4.74 Å². The summed E-state index contributed by atoms with van der Waals surface area (Å²) in [4.78, 5) is 2.50. The van der Waals surface area contributed by atoms with E-state index in [2.05, 4.69) is 71.7 Å². The molecule has 0 spiro atoms. The Morgan fingerprint density at radius 1 is 0.920 bits per heavy atom. The van der Waals surface area contributed by atoms with Crippen LogP contribution in [-0.2, 0) is 4.74 Å². The number of nitrogens with zero attached hydrogens (tertiary/aromatic N) is 1. The van der Waals surface area contributed by atoms with Crippen molar-refractivity contribution >= 4 is 5.57 Å². The van der Waals surface area contributed by atoms with Crippen molar-refractivity contribution in [3.05, 3.63) is 40.5 Å². The lowest BCUT2D eigenvalue weighted by Gasteiger charge is -2.43. The van der Waals surface area contributed by atoms with Gasteiger partial charge in [0, 0.05) is 6.04 Å². The van der Waals surface area contributed by atoms with Gasteiger partial charge in [0.1, 0.15) is 0 Å².